The van der Waals surface area contributed by atoms with Crippen LogP contribution in [-0.4, -0.2) is 39.2 Å². The number of nitrogens with one attached hydrogen (secondary N) is 2. The number of ether oxygens (including phenoxy) is 1. The van der Waals surface area contributed by atoms with Crippen LogP contribution in [0.25, 0.3) is 0 Å². The van der Waals surface area contributed by atoms with E-state index >= 15 is 0 Å². The van der Waals surface area contributed by atoms with Crippen LogP contribution >= 0.6 is 8.38 Å². The molecule has 0 aliphatic rings. The number of hydrogen-bond donors (Lipinski definition) is 4. The lowest BCUT2D eigenvalue weighted by atomic mass is 10.2. The van der Waals surface area contributed by atoms with Crippen LogP contribution in [0.15, 0.2) is 0 Å². The van der Waals surface area contributed by atoms with Crippen LogP contribution in [0.2, 0.25) is 0 Å². The normalized spacial score (nSPS) is 14.9. The van der Waals surface area contributed by atoms with Crippen LogP contribution in [0.3, 0.4) is 0 Å². The Morgan fingerprint density at radius 2 is 1.67 bits per heavy atom. The molecule has 2 atom stereocenters. The minimum Gasteiger partial charge on any atom is -0.444 e. The molecule has 0 aliphatic carbocycles. The Hall–Kier alpha value is -0.910. The summed E-state index contributed by atoms with van der Waals surface area (Å²) in [6, 6.07) is -0.822. The minimum absolute atomic E-state index is 0.510. The lowest BCUT2D eigenvalue weighted by Gasteiger charge is -2.22. The molecule has 0 saturated heterocycles. The van der Waals surface area contributed by atoms with Gasteiger partial charge in [0.1, 0.15) is 11.6 Å². The SMILES string of the molecule is CC(NC(=O)[C@H](C)NC(=O)OC(C)(C)C)P(O)O. The molecular formula is C10H21N2O5P. The highest BCUT2D eigenvalue weighted by Gasteiger charge is 2.23. The highest BCUT2D eigenvalue weighted by Crippen LogP contribution is 2.28. The molecule has 4 N–H and O–H groups in total. The van der Waals surface area contributed by atoms with Crippen LogP contribution in [0.5, 0.6) is 0 Å². The smallest absolute Gasteiger partial charge is 0.408 e. The van der Waals surface area contributed by atoms with Crippen LogP contribution in [0.4, 0.5) is 4.79 Å². The molecule has 1 unspecified atom stereocenters. The van der Waals surface area contributed by atoms with E-state index in [0.717, 1.165) is 0 Å². The lowest BCUT2D eigenvalue weighted by molar-refractivity contribution is -0.123. The summed E-state index contributed by atoms with van der Waals surface area (Å²) in [5.41, 5.74) is -0.641. The Morgan fingerprint density at radius 3 is 2.06 bits per heavy atom. The first kappa shape index (κ1) is 17.1. The van der Waals surface area contributed by atoms with Gasteiger partial charge in [-0.2, -0.15) is 0 Å². The molecule has 0 rings (SSSR count). The summed E-state index contributed by atoms with van der Waals surface area (Å²) in [5.74, 6) is -1.26. The first-order valence-corrected chi connectivity index (χ1v) is 6.81. The molecule has 0 spiro atoms. The van der Waals surface area contributed by atoms with E-state index in [1.807, 2.05) is 0 Å². The monoisotopic (exact) mass is 280 g/mol. The number of amides is 2. The predicted octanol–water partition coefficient (Wildman–Crippen LogP) is 0.658. The summed E-state index contributed by atoms with van der Waals surface area (Å²) >= 11 is 0. The molecule has 0 bridgehead atoms. The number of rotatable bonds is 4. The lowest BCUT2D eigenvalue weighted by Crippen LogP contribution is -2.48. The van der Waals surface area contributed by atoms with Crippen molar-refractivity contribution in [3.05, 3.63) is 0 Å². The molecule has 18 heavy (non-hydrogen) atoms. The quantitative estimate of drug-likeness (QED) is 0.566. The first-order chi connectivity index (χ1) is 8.03. The molecule has 2 amide bonds. The van der Waals surface area contributed by atoms with Gasteiger partial charge in [-0.3, -0.25) is 4.79 Å². The van der Waals surface area contributed by atoms with Crippen LogP contribution in [0.1, 0.15) is 34.6 Å². The van der Waals surface area contributed by atoms with E-state index < -0.39 is 37.8 Å². The molecule has 0 saturated carbocycles. The minimum atomic E-state index is -2.24. The maximum Gasteiger partial charge on any atom is 0.408 e. The standard InChI is InChI=1S/C10H21N2O5P/c1-6(8(13)12-7(2)18(15)16)11-9(14)17-10(3,4)5/h6-7,15-16H,1-5H3,(H,11,14)(H,12,13)/t6-,7?/m0/s1. The third-order valence-corrected chi connectivity index (χ3v) is 2.65. The fourth-order valence-electron chi connectivity index (χ4n) is 0.938. The fourth-order valence-corrected chi connectivity index (χ4v) is 1.18. The summed E-state index contributed by atoms with van der Waals surface area (Å²) in [4.78, 5) is 40.7. The molecule has 106 valence electrons. The maximum absolute atomic E-state index is 11.6. The van der Waals surface area contributed by atoms with Gasteiger partial charge in [0.25, 0.3) is 0 Å². The van der Waals surface area contributed by atoms with Crippen LogP contribution in [0, 0.1) is 0 Å². The number of carbonyl (C=O) groups excluding carboxylic acids is 2. The Labute approximate surface area is 108 Å². The zero-order chi connectivity index (χ0) is 14.5. The second-order valence-corrected chi connectivity index (χ2v) is 6.29. The molecule has 0 aromatic carbocycles. The summed E-state index contributed by atoms with van der Waals surface area (Å²) in [5, 5.41) is 4.72. The molecule has 0 radical (unpaired) electrons. The zero-order valence-electron chi connectivity index (χ0n) is 11.2. The van der Waals surface area contributed by atoms with Gasteiger partial charge in [-0.25, -0.2) is 4.79 Å². The molecule has 0 aliphatic heterocycles. The Bertz CT molecular complexity index is 303. The molecule has 0 aromatic rings. The van der Waals surface area contributed by atoms with Gasteiger partial charge in [-0.1, -0.05) is 0 Å². The van der Waals surface area contributed by atoms with Gasteiger partial charge < -0.3 is 25.2 Å². The molecule has 8 heteroatoms. The van der Waals surface area contributed by atoms with Gasteiger partial charge in [0.05, 0.1) is 5.78 Å². The largest absolute Gasteiger partial charge is 0.444 e. The molecular weight excluding hydrogens is 259 g/mol. The molecule has 0 heterocycles. The average Bonchev–Trinajstić information content (AvgIpc) is 2.13. The maximum atomic E-state index is 11.6. The summed E-state index contributed by atoms with van der Waals surface area (Å²) in [7, 11) is -2.24. The molecule has 0 fully saturated rings. The van der Waals surface area contributed by atoms with E-state index in [4.69, 9.17) is 14.5 Å². The van der Waals surface area contributed by atoms with Crippen molar-refractivity contribution in [2.24, 2.45) is 0 Å². The van der Waals surface area contributed by atoms with Crippen molar-refractivity contribution < 1.29 is 24.1 Å². The van der Waals surface area contributed by atoms with Gasteiger partial charge >= 0.3 is 6.09 Å². The second kappa shape index (κ2) is 6.87. The van der Waals surface area contributed by atoms with Crippen molar-refractivity contribution in [3.8, 4) is 0 Å². The van der Waals surface area contributed by atoms with Crippen molar-refractivity contribution in [2.45, 2.75) is 52.0 Å². The van der Waals surface area contributed by atoms with E-state index in [9.17, 15) is 9.59 Å². The van der Waals surface area contributed by atoms with E-state index in [1.54, 1.807) is 20.8 Å². The summed E-state index contributed by atoms with van der Waals surface area (Å²) in [6.45, 7) is 8.07. The highest BCUT2D eigenvalue weighted by molar-refractivity contribution is 7.45. The topological polar surface area (TPSA) is 108 Å². The number of alkyl carbamates (subject to hydrolysis) is 1. The second-order valence-electron chi connectivity index (χ2n) is 4.87. The fraction of sp³-hybridized carbons (Fsp3) is 0.800. The van der Waals surface area contributed by atoms with Gasteiger partial charge in [-0.15, -0.1) is 0 Å². The van der Waals surface area contributed by atoms with Gasteiger partial charge in [-0.05, 0) is 34.6 Å². The molecule has 0 aromatic heterocycles. The van der Waals surface area contributed by atoms with Crippen molar-refractivity contribution in [1.82, 2.24) is 10.6 Å². The van der Waals surface area contributed by atoms with Crippen molar-refractivity contribution in [3.63, 3.8) is 0 Å². The molecule has 7 nitrogen and oxygen atoms in total. The third-order valence-electron chi connectivity index (χ3n) is 1.82. The Balaban J connectivity index is 4.20. The number of hydrogen-bond acceptors (Lipinski definition) is 5. The third kappa shape index (κ3) is 7.42. The number of carbonyl (C=O) groups is 2. The average molecular weight is 280 g/mol. The van der Waals surface area contributed by atoms with Crippen molar-refractivity contribution in [2.75, 3.05) is 0 Å². The van der Waals surface area contributed by atoms with Crippen molar-refractivity contribution >= 4 is 20.4 Å². The zero-order valence-corrected chi connectivity index (χ0v) is 12.1. The van der Waals surface area contributed by atoms with E-state index in [1.165, 1.54) is 13.8 Å². The van der Waals surface area contributed by atoms with Crippen LogP contribution in [-0.2, 0) is 9.53 Å². The Morgan fingerprint density at radius 1 is 1.17 bits per heavy atom. The highest BCUT2D eigenvalue weighted by atomic mass is 31.2. The van der Waals surface area contributed by atoms with Gasteiger partial charge in [0, 0.05) is 0 Å². The van der Waals surface area contributed by atoms with E-state index in [0.29, 0.717) is 0 Å². The Kier molecular flexibility index (Phi) is 6.52. The van der Waals surface area contributed by atoms with E-state index in [2.05, 4.69) is 10.6 Å². The first-order valence-electron chi connectivity index (χ1n) is 5.50. The van der Waals surface area contributed by atoms with Crippen LogP contribution < -0.4 is 10.6 Å². The van der Waals surface area contributed by atoms with Gasteiger partial charge in [0.15, 0.2) is 8.38 Å². The van der Waals surface area contributed by atoms with Crippen molar-refractivity contribution in [1.29, 1.82) is 0 Å². The van der Waals surface area contributed by atoms with E-state index in [-0.39, 0.29) is 0 Å². The summed E-state index contributed by atoms with van der Waals surface area (Å²) in [6.07, 6.45) is -0.701. The predicted molar refractivity (Wildman–Crippen MR) is 67.8 cm³/mol. The summed E-state index contributed by atoms with van der Waals surface area (Å²) < 4.78 is 4.99. The van der Waals surface area contributed by atoms with Gasteiger partial charge in [0.2, 0.25) is 5.91 Å².